The number of ketones is 1. The van der Waals surface area contributed by atoms with Crippen LogP contribution < -0.4 is 15.3 Å². The molecule has 0 radical (unpaired) electrons. The van der Waals surface area contributed by atoms with E-state index in [-0.39, 0.29) is 5.78 Å². The van der Waals surface area contributed by atoms with Crippen LogP contribution in [0.5, 0.6) is 11.5 Å². The van der Waals surface area contributed by atoms with Crippen LogP contribution in [0.3, 0.4) is 0 Å². The summed E-state index contributed by atoms with van der Waals surface area (Å²) in [4.78, 5) is 13.5. The number of aryl methyl sites for hydroxylation is 2. The Balaban J connectivity index is 1.62. The second kappa shape index (κ2) is 10.7. The van der Waals surface area contributed by atoms with Crippen LogP contribution in [0.15, 0.2) is 71.9 Å². The van der Waals surface area contributed by atoms with E-state index in [1.807, 2.05) is 80.6 Å². The average Bonchev–Trinajstić information content (AvgIpc) is 3.21. The van der Waals surface area contributed by atoms with E-state index in [1.165, 1.54) is 16.4 Å². The lowest BCUT2D eigenvalue weighted by atomic mass is 10.0. The van der Waals surface area contributed by atoms with Crippen molar-refractivity contribution in [1.82, 2.24) is 14.9 Å². The number of hydrogen-bond donors (Lipinski definition) is 1. The Bertz CT molecular complexity index is 1320. The molecule has 0 saturated carbocycles. The minimum atomic E-state index is -0.515. The van der Waals surface area contributed by atoms with Gasteiger partial charge in [0.25, 0.3) is 0 Å². The van der Waals surface area contributed by atoms with E-state index in [2.05, 4.69) is 10.2 Å². The van der Waals surface area contributed by atoms with Crippen molar-refractivity contribution in [2.24, 2.45) is 0 Å². The number of nitrogens with two attached hydrogens (primary N) is 1. The maximum atomic E-state index is 13.5. The number of aromatic nitrogens is 3. The third kappa shape index (κ3) is 5.49. The standard InChI is InChI=1S/C27H28N4O3S/c1-17-5-10-20(11-6-17)25(32)26(21-12-7-18(2)8-13-21)35-27-30-29-24(31(27)28)16-19-9-14-22(33-3)23(15-19)34-4/h5-15,26H,16,28H2,1-4H3/t26-/m0/s1. The fourth-order valence-corrected chi connectivity index (χ4v) is 4.72. The van der Waals surface area contributed by atoms with Crippen molar-refractivity contribution in [3.63, 3.8) is 0 Å². The Morgan fingerprint density at radius 2 is 1.54 bits per heavy atom. The Morgan fingerprint density at radius 3 is 2.17 bits per heavy atom. The van der Waals surface area contributed by atoms with Crippen molar-refractivity contribution in [3.8, 4) is 11.5 Å². The predicted octanol–water partition coefficient (Wildman–Crippen LogP) is 4.93. The van der Waals surface area contributed by atoms with Crippen LogP contribution in [0, 0.1) is 13.8 Å². The molecule has 4 aromatic rings. The molecule has 0 saturated heterocycles. The van der Waals surface area contributed by atoms with E-state index in [1.54, 1.807) is 14.2 Å². The molecule has 2 N–H and O–H groups in total. The SMILES string of the molecule is COc1ccc(Cc2nnc(S[C@H](C(=O)c3ccc(C)cc3)c3ccc(C)cc3)n2N)cc1OC. The van der Waals surface area contributed by atoms with Crippen LogP contribution in [0.25, 0.3) is 0 Å². The molecule has 3 aromatic carbocycles. The Hall–Kier alpha value is -3.78. The molecule has 0 aliphatic carbocycles. The molecule has 8 heteroatoms. The van der Waals surface area contributed by atoms with Gasteiger partial charge in [0.2, 0.25) is 5.16 Å². The normalized spacial score (nSPS) is 11.8. The van der Waals surface area contributed by atoms with Gasteiger partial charge in [-0.3, -0.25) is 4.79 Å². The topological polar surface area (TPSA) is 92.3 Å². The summed E-state index contributed by atoms with van der Waals surface area (Å²) in [6, 6.07) is 21.2. The van der Waals surface area contributed by atoms with Gasteiger partial charge in [-0.05, 0) is 37.1 Å². The highest BCUT2D eigenvalue weighted by atomic mass is 32.2. The predicted molar refractivity (Wildman–Crippen MR) is 138 cm³/mol. The smallest absolute Gasteiger partial charge is 0.210 e. The maximum Gasteiger partial charge on any atom is 0.210 e. The highest BCUT2D eigenvalue weighted by Crippen LogP contribution is 2.37. The number of Topliss-reactive ketones (excluding diaryl/α,β-unsaturated/α-hetero) is 1. The molecule has 0 amide bonds. The number of nitrogens with zero attached hydrogens (tertiary/aromatic N) is 3. The molecule has 4 rings (SSSR count). The van der Waals surface area contributed by atoms with Gasteiger partial charge in [0, 0.05) is 12.0 Å². The number of ether oxygens (including phenoxy) is 2. The van der Waals surface area contributed by atoms with Crippen molar-refractivity contribution < 1.29 is 14.3 Å². The number of hydrogen-bond acceptors (Lipinski definition) is 7. The van der Waals surface area contributed by atoms with Gasteiger partial charge in [-0.2, -0.15) is 0 Å². The van der Waals surface area contributed by atoms with Crippen molar-refractivity contribution in [2.75, 3.05) is 20.1 Å². The van der Waals surface area contributed by atoms with Crippen LogP contribution in [0.1, 0.15) is 43.7 Å². The van der Waals surface area contributed by atoms with Gasteiger partial charge in [0.05, 0.1) is 14.2 Å². The van der Waals surface area contributed by atoms with Gasteiger partial charge in [-0.15, -0.1) is 10.2 Å². The second-order valence-electron chi connectivity index (χ2n) is 8.27. The molecule has 0 aliphatic rings. The molecule has 1 atom stereocenters. The summed E-state index contributed by atoms with van der Waals surface area (Å²) in [7, 11) is 3.19. The van der Waals surface area contributed by atoms with Gasteiger partial charge >= 0.3 is 0 Å². The first-order chi connectivity index (χ1) is 16.9. The number of benzene rings is 3. The van der Waals surface area contributed by atoms with Gasteiger partial charge < -0.3 is 15.3 Å². The molecule has 180 valence electrons. The largest absolute Gasteiger partial charge is 0.493 e. The molecule has 1 aromatic heterocycles. The average molecular weight is 489 g/mol. The van der Waals surface area contributed by atoms with Crippen molar-refractivity contribution in [3.05, 3.63) is 100 Å². The molecular weight excluding hydrogens is 460 g/mol. The van der Waals surface area contributed by atoms with E-state index < -0.39 is 5.25 Å². The summed E-state index contributed by atoms with van der Waals surface area (Å²) in [5.74, 6) is 8.23. The summed E-state index contributed by atoms with van der Waals surface area (Å²) < 4.78 is 12.2. The molecule has 35 heavy (non-hydrogen) atoms. The lowest BCUT2D eigenvalue weighted by Crippen LogP contribution is -2.17. The van der Waals surface area contributed by atoms with Crippen LogP contribution in [-0.2, 0) is 6.42 Å². The monoisotopic (exact) mass is 488 g/mol. The molecule has 0 fully saturated rings. The molecule has 7 nitrogen and oxygen atoms in total. The van der Waals surface area contributed by atoms with Crippen LogP contribution >= 0.6 is 11.8 Å². The third-order valence-corrected chi connectivity index (χ3v) is 6.93. The van der Waals surface area contributed by atoms with Crippen LogP contribution in [0.4, 0.5) is 0 Å². The van der Waals surface area contributed by atoms with Crippen molar-refractivity contribution in [1.29, 1.82) is 0 Å². The van der Waals surface area contributed by atoms with E-state index >= 15 is 0 Å². The minimum Gasteiger partial charge on any atom is -0.493 e. The van der Waals surface area contributed by atoms with Crippen molar-refractivity contribution in [2.45, 2.75) is 30.7 Å². The Labute approximate surface area is 209 Å². The summed E-state index contributed by atoms with van der Waals surface area (Å²) in [6.45, 7) is 4.02. The number of rotatable bonds is 9. The fourth-order valence-electron chi connectivity index (χ4n) is 3.67. The number of thioether (sulfide) groups is 1. The van der Waals surface area contributed by atoms with Crippen LogP contribution in [-0.4, -0.2) is 34.9 Å². The lowest BCUT2D eigenvalue weighted by Gasteiger charge is -2.16. The molecule has 1 heterocycles. The number of carbonyl (C=O) groups excluding carboxylic acids is 1. The Kier molecular flexibility index (Phi) is 7.41. The highest BCUT2D eigenvalue weighted by Gasteiger charge is 2.26. The second-order valence-corrected chi connectivity index (χ2v) is 9.35. The summed E-state index contributed by atoms with van der Waals surface area (Å²) in [6.07, 6.45) is 0.450. The van der Waals surface area contributed by atoms with Gasteiger partial charge in [0.15, 0.2) is 23.1 Å². The molecule has 0 unspecified atom stereocenters. The summed E-state index contributed by atoms with van der Waals surface area (Å²) >= 11 is 1.30. The first-order valence-corrected chi connectivity index (χ1v) is 12.0. The first-order valence-electron chi connectivity index (χ1n) is 11.1. The minimum absolute atomic E-state index is 0.0108. The third-order valence-electron chi connectivity index (χ3n) is 5.72. The van der Waals surface area contributed by atoms with Crippen molar-refractivity contribution >= 4 is 17.5 Å². The number of methoxy groups -OCH3 is 2. The summed E-state index contributed by atoms with van der Waals surface area (Å²) in [5.41, 5.74) is 4.70. The van der Waals surface area contributed by atoms with Gasteiger partial charge in [-0.25, -0.2) is 4.68 Å². The van der Waals surface area contributed by atoms with E-state index in [0.29, 0.717) is 34.5 Å². The molecule has 0 bridgehead atoms. The van der Waals surface area contributed by atoms with E-state index in [4.69, 9.17) is 15.3 Å². The number of nitrogen functional groups attached to an aromatic ring is 1. The fraction of sp³-hybridized carbons (Fsp3) is 0.222. The van der Waals surface area contributed by atoms with Gasteiger partial charge in [0.1, 0.15) is 5.25 Å². The van der Waals surface area contributed by atoms with Gasteiger partial charge in [-0.1, -0.05) is 77.5 Å². The van der Waals surface area contributed by atoms with Crippen LogP contribution in [0.2, 0.25) is 0 Å². The molecular formula is C27H28N4O3S. The lowest BCUT2D eigenvalue weighted by molar-refractivity contribution is 0.0989. The number of carbonyl (C=O) groups is 1. The zero-order chi connectivity index (χ0) is 24.9. The molecule has 0 aliphatic heterocycles. The summed E-state index contributed by atoms with van der Waals surface area (Å²) in [5, 5.41) is 8.55. The molecule has 0 spiro atoms. The van der Waals surface area contributed by atoms with E-state index in [9.17, 15) is 4.79 Å². The highest BCUT2D eigenvalue weighted by molar-refractivity contribution is 8.00. The Morgan fingerprint density at radius 1 is 0.914 bits per heavy atom. The first kappa shape index (κ1) is 24.3. The van der Waals surface area contributed by atoms with E-state index in [0.717, 1.165) is 22.3 Å². The quantitative estimate of drug-likeness (QED) is 0.203. The zero-order valence-corrected chi connectivity index (χ0v) is 21.0. The zero-order valence-electron chi connectivity index (χ0n) is 20.2. The maximum absolute atomic E-state index is 13.5.